The predicted molar refractivity (Wildman–Crippen MR) is 57.3 cm³/mol. The fourth-order valence-electron chi connectivity index (χ4n) is 1.97. The zero-order valence-corrected chi connectivity index (χ0v) is 9.16. The van der Waals surface area contributed by atoms with E-state index in [1.54, 1.807) is 13.3 Å². The van der Waals surface area contributed by atoms with Crippen LogP contribution in [0, 0.1) is 5.92 Å². The molecule has 0 radical (unpaired) electrons. The summed E-state index contributed by atoms with van der Waals surface area (Å²) >= 11 is 0. The van der Waals surface area contributed by atoms with Gasteiger partial charge in [-0.15, -0.1) is 0 Å². The molecule has 0 atom stereocenters. The van der Waals surface area contributed by atoms with Gasteiger partial charge in [-0.3, -0.25) is 4.79 Å². The van der Waals surface area contributed by atoms with Gasteiger partial charge in [-0.25, -0.2) is 0 Å². The van der Waals surface area contributed by atoms with Crippen LogP contribution in [0.4, 0.5) is 0 Å². The summed E-state index contributed by atoms with van der Waals surface area (Å²) in [6, 6.07) is 0. The minimum atomic E-state index is -0.856. The number of methoxy groups -OCH3 is 1. The van der Waals surface area contributed by atoms with Gasteiger partial charge in [0.05, 0.1) is 7.11 Å². The molecule has 0 bridgehead atoms. The van der Waals surface area contributed by atoms with Crippen molar-refractivity contribution in [1.29, 1.82) is 0 Å². The van der Waals surface area contributed by atoms with Crippen molar-refractivity contribution in [2.75, 3.05) is 13.7 Å². The standard InChI is InChI=1S/C11H19NO3/c1-15-10(7-12-8-11(13)14)9-5-3-2-4-6-9/h7,9,12H,2-6,8H2,1H3,(H,13,14)/b10-7-. The second kappa shape index (κ2) is 6.32. The Kier molecular flexibility index (Phi) is 5.01. The van der Waals surface area contributed by atoms with E-state index in [-0.39, 0.29) is 6.54 Å². The molecule has 2 N–H and O–H groups in total. The summed E-state index contributed by atoms with van der Waals surface area (Å²) < 4.78 is 5.28. The summed E-state index contributed by atoms with van der Waals surface area (Å²) in [6.45, 7) is -0.0560. The van der Waals surface area contributed by atoms with E-state index in [1.165, 1.54) is 19.3 Å². The van der Waals surface area contributed by atoms with Gasteiger partial charge in [0.25, 0.3) is 0 Å². The molecule has 86 valence electrons. The number of carboxylic acid groups (broad SMARTS) is 1. The number of allylic oxidation sites excluding steroid dienone is 1. The van der Waals surface area contributed by atoms with Crippen LogP contribution in [0.5, 0.6) is 0 Å². The van der Waals surface area contributed by atoms with Gasteiger partial charge < -0.3 is 15.2 Å². The van der Waals surface area contributed by atoms with Crippen LogP contribution in [0.2, 0.25) is 0 Å². The highest BCUT2D eigenvalue weighted by Crippen LogP contribution is 2.29. The van der Waals surface area contributed by atoms with Gasteiger partial charge in [0.2, 0.25) is 0 Å². The Morgan fingerprint density at radius 3 is 2.67 bits per heavy atom. The van der Waals surface area contributed by atoms with Crippen LogP contribution >= 0.6 is 0 Å². The number of carbonyl (C=O) groups is 1. The number of ether oxygens (including phenoxy) is 1. The van der Waals surface area contributed by atoms with Crippen LogP contribution < -0.4 is 5.32 Å². The molecule has 4 nitrogen and oxygen atoms in total. The summed E-state index contributed by atoms with van der Waals surface area (Å²) in [4.78, 5) is 10.3. The SMILES string of the molecule is CO/C(=C\NCC(=O)O)C1CCCCC1. The van der Waals surface area contributed by atoms with Crippen molar-refractivity contribution in [3.05, 3.63) is 12.0 Å². The lowest BCUT2D eigenvalue weighted by Crippen LogP contribution is -2.20. The molecule has 15 heavy (non-hydrogen) atoms. The first-order valence-electron chi connectivity index (χ1n) is 5.43. The van der Waals surface area contributed by atoms with E-state index in [4.69, 9.17) is 9.84 Å². The van der Waals surface area contributed by atoms with Gasteiger partial charge in [-0.1, -0.05) is 19.3 Å². The summed E-state index contributed by atoms with van der Waals surface area (Å²) in [5.41, 5.74) is 0. The smallest absolute Gasteiger partial charge is 0.322 e. The molecule has 0 aliphatic heterocycles. The average Bonchev–Trinajstić information content (AvgIpc) is 2.25. The third-order valence-electron chi connectivity index (χ3n) is 2.74. The highest BCUT2D eigenvalue weighted by molar-refractivity contribution is 5.69. The molecule has 1 aliphatic rings. The summed E-state index contributed by atoms with van der Waals surface area (Å²) in [5, 5.41) is 11.2. The maximum Gasteiger partial charge on any atom is 0.322 e. The zero-order chi connectivity index (χ0) is 11.1. The van der Waals surface area contributed by atoms with Crippen LogP contribution in [0.3, 0.4) is 0 Å². The first-order valence-corrected chi connectivity index (χ1v) is 5.43. The number of rotatable bonds is 5. The van der Waals surface area contributed by atoms with E-state index < -0.39 is 5.97 Å². The normalized spacial score (nSPS) is 18.6. The molecular weight excluding hydrogens is 194 g/mol. The maximum atomic E-state index is 10.3. The molecule has 4 heteroatoms. The van der Waals surface area contributed by atoms with Crippen LogP contribution in [0.25, 0.3) is 0 Å². The van der Waals surface area contributed by atoms with Gasteiger partial charge in [0.15, 0.2) is 0 Å². The monoisotopic (exact) mass is 213 g/mol. The Morgan fingerprint density at radius 2 is 2.13 bits per heavy atom. The lowest BCUT2D eigenvalue weighted by Gasteiger charge is -2.23. The van der Waals surface area contributed by atoms with E-state index in [0.717, 1.165) is 18.6 Å². The van der Waals surface area contributed by atoms with Crippen molar-refractivity contribution >= 4 is 5.97 Å². The molecule has 0 aromatic heterocycles. The number of nitrogens with one attached hydrogen (secondary N) is 1. The third-order valence-corrected chi connectivity index (χ3v) is 2.74. The van der Waals surface area contributed by atoms with E-state index >= 15 is 0 Å². The highest BCUT2D eigenvalue weighted by atomic mass is 16.5. The minimum absolute atomic E-state index is 0.0560. The van der Waals surface area contributed by atoms with Crippen molar-refractivity contribution in [2.24, 2.45) is 5.92 Å². The topological polar surface area (TPSA) is 58.6 Å². The van der Waals surface area contributed by atoms with E-state index in [9.17, 15) is 4.79 Å². The minimum Gasteiger partial charge on any atom is -0.499 e. The molecule has 0 unspecified atom stereocenters. The number of hydrogen-bond donors (Lipinski definition) is 2. The fourth-order valence-corrected chi connectivity index (χ4v) is 1.97. The van der Waals surface area contributed by atoms with Crippen molar-refractivity contribution in [3.63, 3.8) is 0 Å². The van der Waals surface area contributed by atoms with Gasteiger partial charge in [0, 0.05) is 12.1 Å². The molecule has 0 aromatic carbocycles. The van der Waals surface area contributed by atoms with E-state index in [0.29, 0.717) is 5.92 Å². The van der Waals surface area contributed by atoms with Crippen LogP contribution in [0.1, 0.15) is 32.1 Å². The second-order valence-corrected chi connectivity index (χ2v) is 3.86. The Hall–Kier alpha value is -1.19. The Balaban J connectivity index is 2.41. The Morgan fingerprint density at radius 1 is 1.47 bits per heavy atom. The molecule has 1 saturated carbocycles. The summed E-state index contributed by atoms with van der Waals surface area (Å²) in [6.07, 6.45) is 7.78. The van der Waals surface area contributed by atoms with Crippen LogP contribution in [-0.2, 0) is 9.53 Å². The van der Waals surface area contributed by atoms with Gasteiger partial charge >= 0.3 is 5.97 Å². The third kappa shape index (κ3) is 4.23. The summed E-state index contributed by atoms with van der Waals surface area (Å²) in [5.74, 6) is 0.492. The highest BCUT2D eigenvalue weighted by Gasteiger charge is 2.18. The predicted octanol–water partition coefficient (Wildman–Crippen LogP) is 1.73. The fraction of sp³-hybridized carbons (Fsp3) is 0.727. The molecule has 0 spiro atoms. The quantitative estimate of drug-likeness (QED) is 0.683. The first-order chi connectivity index (χ1) is 7.24. The first kappa shape index (κ1) is 11.9. The van der Waals surface area contributed by atoms with Crippen molar-refractivity contribution in [3.8, 4) is 0 Å². The number of hydrogen-bond acceptors (Lipinski definition) is 3. The van der Waals surface area contributed by atoms with Crippen molar-refractivity contribution in [2.45, 2.75) is 32.1 Å². The molecule has 0 aromatic rings. The Labute approximate surface area is 90.3 Å². The number of aliphatic carboxylic acids is 1. The molecule has 0 saturated heterocycles. The van der Waals surface area contributed by atoms with Crippen LogP contribution in [0.15, 0.2) is 12.0 Å². The lowest BCUT2D eigenvalue weighted by molar-refractivity contribution is -0.135. The Bertz CT molecular complexity index is 232. The molecule has 1 rings (SSSR count). The molecule has 1 aliphatic carbocycles. The van der Waals surface area contributed by atoms with Gasteiger partial charge in [0.1, 0.15) is 12.3 Å². The molecule has 0 amide bonds. The molecular formula is C11H19NO3. The molecule has 1 fully saturated rings. The maximum absolute atomic E-state index is 10.3. The second-order valence-electron chi connectivity index (χ2n) is 3.86. The lowest BCUT2D eigenvalue weighted by atomic mass is 9.88. The largest absolute Gasteiger partial charge is 0.499 e. The van der Waals surface area contributed by atoms with E-state index in [1.807, 2.05) is 0 Å². The van der Waals surface area contributed by atoms with Gasteiger partial charge in [-0.2, -0.15) is 0 Å². The average molecular weight is 213 g/mol. The van der Waals surface area contributed by atoms with E-state index in [2.05, 4.69) is 5.32 Å². The van der Waals surface area contributed by atoms with Crippen LogP contribution in [-0.4, -0.2) is 24.7 Å². The van der Waals surface area contributed by atoms with Gasteiger partial charge in [-0.05, 0) is 12.8 Å². The zero-order valence-electron chi connectivity index (χ0n) is 9.16. The van der Waals surface area contributed by atoms with Crippen molar-refractivity contribution in [1.82, 2.24) is 5.32 Å². The number of carboxylic acids is 1. The van der Waals surface area contributed by atoms with Crippen molar-refractivity contribution < 1.29 is 14.6 Å². The summed E-state index contributed by atoms with van der Waals surface area (Å²) in [7, 11) is 1.64. The molecule has 0 heterocycles.